The van der Waals surface area contributed by atoms with E-state index in [0.717, 1.165) is 0 Å². The fourth-order valence-corrected chi connectivity index (χ4v) is 0.884. The van der Waals surface area contributed by atoms with E-state index in [1.807, 2.05) is 20.8 Å². The summed E-state index contributed by atoms with van der Waals surface area (Å²) in [6.45, 7) is 5.94. The maximum Gasteiger partial charge on any atom is 0.177 e. The molecule has 5 nitrogen and oxygen atoms in total. The molecular formula is C8H16N4O. The Morgan fingerprint density at radius 2 is 2.08 bits per heavy atom. The van der Waals surface area contributed by atoms with Crippen molar-refractivity contribution in [1.82, 2.24) is 20.2 Å². The van der Waals surface area contributed by atoms with Crippen LogP contribution in [0.3, 0.4) is 0 Å². The van der Waals surface area contributed by atoms with Crippen molar-refractivity contribution < 1.29 is 5.11 Å². The molecule has 0 aliphatic rings. The van der Waals surface area contributed by atoms with Crippen LogP contribution in [-0.4, -0.2) is 31.4 Å². The zero-order valence-electron chi connectivity index (χ0n) is 8.52. The lowest BCUT2D eigenvalue weighted by Gasteiger charge is -2.24. The normalized spacial score (nSPS) is 14.5. The predicted octanol–water partition coefficient (Wildman–Crippen LogP) is 0.160. The standard InChI is InChI=1S/C8H16N4O/c1-8(2,3)6(13)5-7-9-11-12(4)10-7/h6,13H,5H2,1-4H3. The minimum Gasteiger partial charge on any atom is -0.392 e. The minimum absolute atomic E-state index is 0.140. The molecule has 1 aromatic rings. The molecule has 0 saturated carbocycles. The van der Waals surface area contributed by atoms with Crippen LogP contribution in [-0.2, 0) is 13.5 Å². The van der Waals surface area contributed by atoms with E-state index in [-0.39, 0.29) is 5.41 Å². The molecule has 0 aromatic carbocycles. The van der Waals surface area contributed by atoms with Gasteiger partial charge in [-0.25, -0.2) is 0 Å². The van der Waals surface area contributed by atoms with Crippen molar-refractivity contribution in [3.63, 3.8) is 0 Å². The number of hydrogen-bond acceptors (Lipinski definition) is 4. The number of hydrogen-bond donors (Lipinski definition) is 1. The molecule has 0 radical (unpaired) electrons. The van der Waals surface area contributed by atoms with Gasteiger partial charge in [0, 0.05) is 6.42 Å². The number of aryl methyl sites for hydroxylation is 1. The van der Waals surface area contributed by atoms with Gasteiger partial charge in [0.2, 0.25) is 0 Å². The third-order valence-corrected chi connectivity index (χ3v) is 1.93. The van der Waals surface area contributed by atoms with Gasteiger partial charge in [0.15, 0.2) is 5.82 Å². The van der Waals surface area contributed by atoms with Crippen LogP contribution in [0, 0.1) is 5.41 Å². The summed E-state index contributed by atoms with van der Waals surface area (Å²) in [7, 11) is 1.71. The summed E-state index contributed by atoms with van der Waals surface area (Å²) >= 11 is 0. The topological polar surface area (TPSA) is 63.8 Å². The molecule has 0 aliphatic carbocycles. The molecule has 0 spiro atoms. The van der Waals surface area contributed by atoms with Gasteiger partial charge in [-0.3, -0.25) is 0 Å². The summed E-state index contributed by atoms with van der Waals surface area (Å²) in [5, 5.41) is 21.2. The number of aliphatic hydroxyl groups excluding tert-OH is 1. The second-order valence-electron chi connectivity index (χ2n) is 4.28. The van der Waals surface area contributed by atoms with Crippen molar-refractivity contribution in [2.45, 2.75) is 33.3 Å². The van der Waals surface area contributed by atoms with Gasteiger partial charge in [0.05, 0.1) is 13.2 Å². The molecule has 5 heteroatoms. The quantitative estimate of drug-likeness (QED) is 0.711. The van der Waals surface area contributed by atoms with E-state index >= 15 is 0 Å². The van der Waals surface area contributed by atoms with Crippen LogP contribution in [0.25, 0.3) is 0 Å². The fraction of sp³-hybridized carbons (Fsp3) is 0.875. The monoisotopic (exact) mass is 184 g/mol. The first-order chi connectivity index (χ1) is 5.89. The van der Waals surface area contributed by atoms with Crippen molar-refractivity contribution >= 4 is 0 Å². The van der Waals surface area contributed by atoms with Crippen molar-refractivity contribution in [3.8, 4) is 0 Å². The molecule has 1 atom stereocenters. The molecule has 0 aliphatic heterocycles. The highest BCUT2D eigenvalue weighted by molar-refractivity contribution is 4.85. The van der Waals surface area contributed by atoms with E-state index in [4.69, 9.17) is 0 Å². The third kappa shape index (κ3) is 2.77. The Morgan fingerprint density at radius 1 is 1.46 bits per heavy atom. The Morgan fingerprint density at radius 3 is 2.46 bits per heavy atom. The molecule has 1 unspecified atom stereocenters. The Labute approximate surface area is 77.8 Å². The molecule has 0 bridgehead atoms. The SMILES string of the molecule is Cn1nnc(CC(O)C(C)(C)C)n1. The van der Waals surface area contributed by atoms with Gasteiger partial charge in [0.1, 0.15) is 0 Å². The van der Waals surface area contributed by atoms with E-state index in [0.29, 0.717) is 12.2 Å². The number of aromatic nitrogens is 4. The Hall–Kier alpha value is -0.970. The highest BCUT2D eigenvalue weighted by atomic mass is 16.3. The maximum absolute atomic E-state index is 9.73. The number of nitrogens with zero attached hydrogens (tertiary/aromatic N) is 4. The van der Waals surface area contributed by atoms with Crippen molar-refractivity contribution in [2.24, 2.45) is 12.5 Å². The lowest BCUT2D eigenvalue weighted by Crippen LogP contribution is -2.28. The Balaban J connectivity index is 2.60. The summed E-state index contributed by atoms with van der Waals surface area (Å²) < 4.78 is 0. The molecular weight excluding hydrogens is 168 g/mol. The molecule has 1 rings (SSSR count). The Kier molecular flexibility index (Phi) is 2.66. The van der Waals surface area contributed by atoms with Gasteiger partial charge in [-0.1, -0.05) is 20.8 Å². The summed E-state index contributed by atoms with van der Waals surface area (Å²) in [6.07, 6.45) is 0.0221. The molecule has 1 aromatic heterocycles. The third-order valence-electron chi connectivity index (χ3n) is 1.93. The van der Waals surface area contributed by atoms with Gasteiger partial charge in [-0.05, 0) is 10.6 Å². The van der Waals surface area contributed by atoms with E-state index in [1.54, 1.807) is 7.05 Å². The van der Waals surface area contributed by atoms with Crippen molar-refractivity contribution in [2.75, 3.05) is 0 Å². The molecule has 13 heavy (non-hydrogen) atoms. The average Bonchev–Trinajstić information content (AvgIpc) is 2.33. The lowest BCUT2D eigenvalue weighted by atomic mass is 9.87. The van der Waals surface area contributed by atoms with Gasteiger partial charge >= 0.3 is 0 Å². The first kappa shape index (κ1) is 10.1. The highest BCUT2D eigenvalue weighted by Gasteiger charge is 2.23. The van der Waals surface area contributed by atoms with Crippen LogP contribution >= 0.6 is 0 Å². The van der Waals surface area contributed by atoms with E-state index in [9.17, 15) is 5.11 Å². The smallest absolute Gasteiger partial charge is 0.177 e. The number of tetrazole rings is 1. The van der Waals surface area contributed by atoms with Crippen molar-refractivity contribution in [3.05, 3.63) is 5.82 Å². The highest BCUT2D eigenvalue weighted by Crippen LogP contribution is 2.20. The number of aliphatic hydroxyl groups is 1. The molecule has 74 valence electrons. The van der Waals surface area contributed by atoms with Crippen LogP contribution in [0.1, 0.15) is 26.6 Å². The summed E-state index contributed by atoms with van der Waals surface area (Å²) in [5.74, 6) is 0.588. The number of rotatable bonds is 2. The van der Waals surface area contributed by atoms with Crippen LogP contribution < -0.4 is 0 Å². The molecule has 1 N–H and O–H groups in total. The molecule has 0 fully saturated rings. The second-order valence-corrected chi connectivity index (χ2v) is 4.28. The van der Waals surface area contributed by atoms with Gasteiger partial charge in [0.25, 0.3) is 0 Å². The second kappa shape index (κ2) is 3.41. The van der Waals surface area contributed by atoms with Crippen LogP contribution in [0.4, 0.5) is 0 Å². The molecule has 1 heterocycles. The zero-order chi connectivity index (χ0) is 10.1. The van der Waals surface area contributed by atoms with Gasteiger partial charge < -0.3 is 5.11 Å². The average molecular weight is 184 g/mol. The maximum atomic E-state index is 9.73. The summed E-state index contributed by atoms with van der Waals surface area (Å²) in [6, 6.07) is 0. The predicted molar refractivity (Wildman–Crippen MR) is 48.0 cm³/mol. The van der Waals surface area contributed by atoms with Crippen molar-refractivity contribution in [1.29, 1.82) is 0 Å². The van der Waals surface area contributed by atoms with Crippen LogP contribution in [0.15, 0.2) is 0 Å². The van der Waals surface area contributed by atoms with E-state index in [2.05, 4.69) is 15.4 Å². The fourth-order valence-electron chi connectivity index (χ4n) is 0.884. The summed E-state index contributed by atoms with van der Waals surface area (Å²) in [4.78, 5) is 1.39. The van der Waals surface area contributed by atoms with Crippen LogP contribution in [0.2, 0.25) is 0 Å². The van der Waals surface area contributed by atoms with E-state index < -0.39 is 6.10 Å². The van der Waals surface area contributed by atoms with Gasteiger partial charge in [-0.15, -0.1) is 10.2 Å². The first-order valence-electron chi connectivity index (χ1n) is 4.30. The zero-order valence-corrected chi connectivity index (χ0v) is 8.52. The molecule has 0 saturated heterocycles. The first-order valence-corrected chi connectivity index (χ1v) is 4.30. The Bertz CT molecular complexity index is 276. The van der Waals surface area contributed by atoms with Crippen LogP contribution in [0.5, 0.6) is 0 Å². The summed E-state index contributed by atoms with van der Waals surface area (Å²) in [5.41, 5.74) is -0.140. The van der Waals surface area contributed by atoms with Gasteiger partial charge in [-0.2, -0.15) is 4.80 Å². The largest absolute Gasteiger partial charge is 0.392 e. The minimum atomic E-state index is -0.434. The lowest BCUT2D eigenvalue weighted by molar-refractivity contribution is 0.0618. The molecule has 0 amide bonds. The van der Waals surface area contributed by atoms with E-state index in [1.165, 1.54) is 4.80 Å².